The molecule has 1 aromatic carbocycles. The Hall–Kier alpha value is -1.14. The number of benzene rings is 1. The van der Waals surface area contributed by atoms with E-state index in [9.17, 15) is 4.79 Å². The molecule has 0 aliphatic rings. The number of hydrogen-bond donors (Lipinski definition) is 0. The first kappa shape index (κ1) is 9.94. The van der Waals surface area contributed by atoms with Gasteiger partial charge in [0.25, 0.3) is 0 Å². The second-order valence-electron chi connectivity index (χ2n) is 2.56. The number of rotatable bonds is 3. The van der Waals surface area contributed by atoms with E-state index in [-0.39, 0.29) is 5.71 Å². The molecule has 13 heavy (non-hydrogen) atoms. The molecule has 3 heteroatoms. The van der Waals surface area contributed by atoms with Crippen molar-refractivity contribution in [3.8, 4) is 5.75 Å². The molecular formula is C10H11O2P. The highest BCUT2D eigenvalue weighted by molar-refractivity contribution is 7.39. The molecule has 68 valence electrons. The van der Waals surface area contributed by atoms with Crippen molar-refractivity contribution >= 4 is 15.0 Å². The smallest absolute Gasteiger partial charge is 0.325 e. The van der Waals surface area contributed by atoms with Crippen molar-refractivity contribution in [2.45, 2.75) is 6.42 Å². The summed E-state index contributed by atoms with van der Waals surface area (Å²) in [6, 6.07) is 7.34. The topological polar surface area (TPSA) is 26.3 Å². The van der Waals surface area contributed by atoms with Crippen molar-refractivity contribution < 1.29 is 9.53 Å². The van der Waals surface area contributed by atoms with Gasteiger partial charge in [-0.3, -0.25) is 0 Å². The predicted molar refractivity (Wildman–Crippen MR) is 56.1 cm³/mol. The van der Waals surface area contributed by atoms with Gasteiger partial charge in [-0.05, 0) is 33.4 Å². The van der Waals surface area contributed by atoms with E-state index in [1.165, 1.54) is 0 Å². The molecule has 0 bridgehead atoms. The maximum absolute atomic E-state index is 10.5. The van der Waals surface area contributed by atoms with Crippen LogP contribution in [0.15, 0.2) is 36.9 Å². The highest BCUT2D eigenvalue weighted by Gasteiger charge is 1.96. The Morgan fingerprint density at radius 3 is 2.54 bits per heavy atom. The molecule has 0 saturated heterocycles. The van der Waals surface area contributed by atoms with Gasteiger partial charge in [-0.2, -0.15) is 0 Å². The summed E-state index contributed by atoms with van der Waals surface area (Å²) in [7, 11) is 1.96. The first-order valence-corrected chi connectivity index (χ1v) is 4.47. The first-order chi connectivity index (χ1) is 6.22. The van der Waals surface area contributed by atoms with E-state index >= 15 is 0 Å². The van der Waals surface area contributed by atoms with Crippen molar-refractivity contribution in [1.82, 2.24) is 0 Å². The molecule has 0 aromatic heterocycles. The maximum atomic E-state index is 10.5. The fraction of sp³-hybridized carbons (Fsp3) is 0.100. The van der Waals surface area contributed by atoms with Gasteiger partial charge in [0.1, 0.15) is 5.75 Å². The van der Waals surface area contributed by atoms with Crippen LogP contribution in [0.2, 0.25) is 0 Å². The molecule has 1 atom stereocenters. The zero-order chi connectivity index (χ0) is 9.68. The van der Waals surface area contributed by atoms with Gasteiger partial charge in [-0.25, -0.2) is 4.79 Å². The number of carbonyl (C=O) groups excluding carboxylic acids is 1. The van der Waals surface area contributed by atoms with E-state index < -0.39 is 0 Å². The lowest BCUT2D eigenvalue weighted by Crippen LogP contribution is -1.95. The van der Waals surface area contributed by atoms with Crippen molar-refractivity contribution in [3.05, 3.63) is 42.5 Å². The van der Waals surface area contributed by atoms with E-state index in [0.717, 1.165) is 12.0 Å². The van der Waals surface area contributed by atoms with Gasteiger partial charge >= 0.3 is 5.71 Å². The Balaban J connectivity index is 2.69. The number of hydrogen-bond acceptors (Lipinski definition) is 2. The molecule has 0 spiro atoms. The summed E-state index contributed by atoms with van der Waals surface area (Å²) in [4.78, 5) is 10.5. The van der Waals surface area contributed by atoms with Crippen LogP contribution in [0.4, 0.5) is 4.79 Å². The second-order valence-corrected chi connectivity index (χ2v) is 3.03. The highest BCUT2D eigenvalue weighted by atomic mass is 31.0. The fourth-order valence-corrected chi connectivity index (χ4v) is 1.11. The van der Waals surface area contributed by atoms with Crippen molar-refractivity contribution in [2.24, 2.45) is 0 Å². The molecule has 1 rings (SSSR count). The maximum Gasteiger partial charge on any atom is 0.325 e. The summed E-state index contributed by atoms with van der Waals surface area (Å²) < 4.78 is 4.85. The van der Waals surface area contributed by atoms with Gasteiger partial charge in [0.2, 0.25) is 0 Å². The van der Waals surface area contributed by atoms with Crippen LogP contribution in [0.1, 0.15) is 5.56 Å². The van der Waals surface area contributed by atoms with E-state index in [0.29, 0.717) is 5.75 Å². The van der Waals surface area contributed by atoms with Gasteiger partial charge in [0.05, 0.1) is 0 Å². The normalized spacial score (nSPS) is 9.31. The quantitative estimate of drug-likeness (QED) is 0.546. The average Bonchev–Trinajstić information content (AvgIpc) is 2.08. The third-order valence-corrected chi connectivity index (χ3v) is 1.64. The van der Waals surface area contributed by atoms with E-state index in [1.807, 2.05) is 27.4 Å². The SMILES string of the molecule is C=CCc1ccc(OC(=O)P)cc1. The molecule has 0 radical (unpaired) electrons. The minimum Gasteiger partial charge on any atom is -0.424 e. The van der Waals surface area contributed by atoms with Crippen LogP contribution in [0, 0.1) is 0 Å². The Morgan fingerprint density at radius 1 is 1.46 bits per heavy atom. The lowest BCUT2D eigenvalue weighted by Gasteiger charge is -2.01. The van der Waals surface area contributed by atoms with Gasteiger partial charge in [-0.1, -0.05) is 18.2 Å². The minimum absolute atomic E-state index is 0.378. The highest BCUT2D eigenvalue weighted by Crippen LogP contribution is 2.14. The zero-order valence-electron chi connectivity index (χ0n) is 7.19. The molecule has 0 fully saturated rings. The lowest BCUT2D eigenvalue weighted by molar-refractivity contribution is 0.227. The van der Waals surface area contributed by atoms with Crippen molar-refractivity contribution in [3.63, 3.8) is 0 Å². The summed E-state index contributed by atoms with van der Waals surface area (Å²) in [5, 5.41) is 0. The molecule has 0 heterocycles. The monoisotopic (exact) mass is 194 g/mol. The number of ether oxygens (including phenoxy) is 1. The summed E-state index contributed by atoms with van der Waals surface area (Å²) in [5.41, 5.74) is 0.773. The minimum atomic E-state index is -0.378. The van der Waals surface area contributed by atoms with Gasteiger partial charge in [-0.15, -0.1) is 6.58 Å². The van der Waals surface area contributed by atoms with Crippen LogP contribution >= 0.6 is 9.24 Å². The molecule has 2 nitrogen and oxygen atoms in total. The average molecular weight is 194 g/mol. The van der Waals surface area contributed by atoms with Gasteiger partial charge < -0.3 is 4.74 Å². The fourth-order valence-electron chi connectivity index (χ4n) is 0.976. The van der Waals surface area contributed by atoms with Crippen LogP contribution < -0.4 is 4.74 Å². The zero-order valence-corrected chi connectivity index (χ0v) is 8.35. The molecular weight excluding hydrogens is 183 g/mol. The Morgan fingerprint density at radius 2 is 2.08 bits per heavy atom. The van der Waals surface area contributed by atoms with Crippen LogP contribution in [-0.4, -0.2) is 5.71 Å². The summed E-state index contributed by atoms with van der Waals surface area (Å²) >= 11 is 0. The molecule has 0 aliphatic carbocycles. The van der Waals surface area contributed by atoms with Crippen molar-refractivity contribution in [1.29, 1.82) is 0 Å². The number of allylic oxidation sites excluding steroid dienone is 1. The summed E-state index contributed by atoms with van der Waals surface area (Å²) in [6.07, 6.45) is 2.66. The van der Waals surface area contributed by atoms with Crippen LogP contribution in [0.25, 0.3) is 0 Å². The second kappa shape index (κ2) is 4.78. The van der Waals surface area contributed by atoms with Crippen LogP contribution in [-0.2, 0) is 6.42 Å². The van der Waals surface area contributed by atoms with Crippen molar-refractivity contribution in [2.75, 3.05) is 0 Å². The molecule has 0 N–H and O–H groups in total. The molecule has 1 aromatic rings. The molecule has 1 unspecified atom stereocenters. The first-order valence-electron chi connectivity index (χ1n) is 3.89. The third-order valence-electron chi connectivity index (χ3n) is 1.52. The van der Waals surface area contributed by atoms with Gasteiger partial charge in [0, 0.05) is 0 Å². The predicted octanol–water partition coefficient (Wildman–Crippen LogP) is 2.79. The molecule has 0 saturated carbocycles. The van der Waals surface area contributed by atoms with E-state index in [2.05, 4.69) is 6.58 Å². The van der Waals surface area contributed by atoms with E-state index in [4.69, 9.17) is 4.74 Å². The molecule has 0 amide bonds. The lowest BCUT2D eigenvalue weighted by atomic mass is 10.1. The Bertz CT molecular complexity index is 303. The Labute approximate surface area is 79.8 Å². The Kier molecular flexibility index (Phi) is 3.66. The van der Waals surface area contributed by atoms with E-state index in [1.54, 1.807) is 12.1 Å². The van der Waals surface area contributed by atoms with Crippen LogP contribution in [0.3, 0.4) is 0 Å². The number of carbonyl (C=O) groups is 1. The van der Waals surface area contributed by atoms with Crippen LogP contribution in [0.5, 0.6) is 5.75 Å². The summed E-state index contributed by atoms with van der Waals surface area (Å²) in [5.74, 6) is 0.563. The standard InChI is InChI=1S/C10H11O2P/c1-2-3-8-4-6-9(7-5-8)12-10(11)13/h2,4-7H,1,3,13H2. The molecule has 0 aliphatic heterocycles. The van der Waals surface area contributed by atoms with Gasteiger partial charge in [0.15, 0.2) is 0 Å². The largest absolute Gasteiger partial charge is 0.424 e. The summed E-state index contributed by atoms with van der Waals surface area (Å²) in [6.45, 7) is 3.64. The third kappa shape index (κ3) is 3.39.